The maximum absolute atomic E-state index is 4.18. The summed E-state index contributed by atoms with van der Waals surface area (Å²) in [5.41, 5.74) is 1.19. The van der Waals surface area contributed by atoms with Gasteiger partial charge in [-0.25, -0.2) is 4.98 Å². The third-order valence-corrected chi connectivity index (χ3v) is 3.31. The van der Waals surface area contributed by atoms with Crippen molar-refractivity contribution in [2.75, 3.05) is 6.54 Å². The zero-order valence-corrected chi connectivity index (χ0v) is 9.71. The molecule has 1 saturated carbocycles. The Morgan fingerprint density at radius 3 is 3.00 bits per heavy atom. The van der Waals surface area contributed by atoms with Gasteiger partial charge >= 0.3 is 0 Å². The van der Waals surface area contributed by atoms with Gasteiger partial charge in [0.1, 0.15) is 5.82 Å². The lowest BCUT2D eigenvalue weighted by atomic mass is 10.1. The van der Waals surface area contributed by atoms with Crippen molar-refractivity contribution in [1.82, 2.24) is 15.3 Å². The molecule has 1 aromatic heterocycles. The zero-order valence-electron chi connectivity index (χ0n) is 9.71. The van der Waals surface area contributed by atoms with Crippen LogP contribution in [0.25, 0.3) is 0 Å². The number of aromatic amines is 1. The first-order chi connectivity index (χ1) is 7.24. The minimum atomic E-state index is 0.893. The number of H-pyrrole nitrogens is 1. The van der Waals surface area contributed by atoms with E-state index in [0.717, 1.165) is 30.7 Å². The largest absolute Gasteiger partial charge is 0.345 e. The molecule has 84 valence electrons. The van der Waals surface area contributed by atoms with Gasteiger partial charge in [0.2, 0.25) is 0 Å². The van der Waals surface area contributed by atoms with E-state index in [4.69, 9.17) is 0 Å². The molecule has 0 saturated heterocycles. The van der Waals surface area contributed by atoms with Crippen LogP contribution in [-0.2, 0) is 6.54 Å². The Labute approximate surface area is 91.7 Å². The van der Waals surface area contributed by atoms with E-state index in [1.165, 1.54) is 25.0 Å². The molecule has 0 aromatic carbocycles. The Morgan fingerprint density at radius 2 is 2.40 bits per heavy atom. The Balaban J connectivity index is 1.67. The van der Waals surface area contributed by atoms with Gasteiger partial charge in [-0.15, -0.1) is 0 Å². The molecular formula is C12H21N3. The maximum Gasteiger partial charge on any atom is 0.103 e. The van der Waals surface area contributed by atoms with Gasteiger partial charge in [0.05, 0.1) is 0 Å². The molecule has 1 fully saturated rings. The molecule has 1 aliphatic carbocycles. The van der Waals surface area contributed by atoms with Crippen LogP contribution in [0.1, 0.15) is 37.7 Å². The van der Waals surface area contributed by atoms with Crippen LogP contribution in [-0.4, -0.2) is 16.5 Å². The number of nitrogens with zero attached hydrogens (tertiary/aromatic N) is 1. The van der Waals surface area contributed by atoms with Crippen molar-refractivity contribution in [3.05, 3.63) is 17.7 Å². The van der Waals surface area contributed by atoms with Gasteiger partial charge in [-0.2, -0.15) is 0 Å². The summed E-state index contributed by atoms with van der Waals surface area (Å²) in [4.78, 5) is 7.42. The van der Waals surface area contributed by atoms with E-state index in [9.17, 15) is 0 Å². The van der Waals surface area contributed by atoms with Crippen LogP contribution < -0.4 is 5.32 Å². The number of rotatable bonds is 4. The first-order valence-corrected chi connectivity index (χ1v) is 5.95. The van der Waals surface area contributed by atoms with Gasteiger partial charge in [-0.05, 0) is 38.1 Å². The van der Waals surface area contributed by atoms with E-state index in [1.54, 1.807) is 0 Å². The van der Waals surface area contributed by atoms with Crippen LogP contribution >= 0.6 is 0 Å². The molecule has 0 amide bonds. The van der Waals surface area contributed by atoms with Crippen LogP contribution in [0, 0.1) is 18.8 Å². The standard InChI is InChI=1S/C12H21N3/c1-9-3-4-11(5-9)6-13-7-12-8-14-10(2)15-12/h8-9,11,13H,3-7H2,1-2H3,(H,14,15). The van der Waals surface area contributed by atoms with Crippen molar-refractivity contribution in [3.63, 3.8) is 0 Å². The van der Waals surface area contributed by atoms with Crippen LogP contribution in [0.2, 0.25) is 0 Å². The average Bonchev–Trinajstić information content (AvgIpc) is 2.76. The number of hydrogen-bond acceptors (Lipinski definition) is 2. The Bertz CT molecular complexity index is 306. The average molecular weight is 207 g/mol. The molecule has 15 heavy (non-hydrogen) atoms. The van der Waals surface area contributed by atoms with Crippen molar-refractivity contribution < 1.29 is 0 Å². The van der Waals surface area contributed by atoms with Gasteiger partial charge in [0.25, 0.3) is 0 Å². The number of hydrogen-bond donors (Lipinski definition) is 2. The van der Waals surface area contributed by atoms with Gasteiger partial charge in [0, 0.05) is 18.4 Å². The highest BCUT2D eigenvalue weighted by atomic mass is 15.0. The SMILES string of the molecule is Cc1ncc(CNCC2CCC(C)C2)[nH]1. The summed E-state index contributed by atoms with van der Waals surface area (Å²) in [5, 5.41) is 3.51. The fourth-order valence-corrected chi connectivity index (χ4v) is 2.48. The fraction of sp³-hybridized carbons (Fsp3) is 0.750. The van der Waals surface area contributed by atoms with Crippen LogP contribution in [0.5, 0.6) is 0 Å². The molecule has 0 bridgehead atoms. The minimum Gasteiger partial charge on any atom is -0.345 e. The summed E-state index contributed by atoms with van der Waals surface area (Å²) >= 11 is 0. The molecule has 0 aliphatic heterocycles. The second-order valence-electron chi connectivity index (χ2n) is 4.91. The van der Waals surface area contributed by atoms with Crippen molar-refractivity contribution in [2.24, 2.45) is 11.8 Å². The summed E-state index contributed by atoms with van der Waals surface area (Å²) in [6.07, 6.45) is 6.13. The fourth-order valence-electron chi connectivity index (χ4n) is 2.48. The highest BCUT2D eigenvalue weighted by Gasteiger charge is 2.20. The van der Waals surface area contributed by atoms with E-state index in [1.807, 2.05) is 13.1 Å². The molecule has 2 unspecified atom stereocenters. The monoisotopic (exact) mass is 207 g/mol. The maximum atomic E-state index is 4.18. The molecule has 0 spiro atoms. The number of aryl methyl sites for hydroxylation is 1. The summed E-state index contributed by atoms with van der Waals surface area (Å²) in [5.74, 6) is 2.83. The van der Waals surface area contributed by atoms with Gasteiger partial charge < -0.3 is 10.3 Å². The Kier molecular flexibility index (Phi) is 3.41. The lowest BCUT2D eigenvalue weighted by Crippen LogP contribution is -2.21. The molecule has 2 atom stereocenters. The third-order valence-electron chi connectivity index (χ3n) is 3.31. The Hall–Kier alpha value is -0.830. The Morgan fingerprint density at radius 1 is 1.53 bits per heavy atom. The van der Waals surface area contributed by atoms with Gasteiger partial charge in [-0.3, -0.25) is 0 Å². The first kappa shape index (κ1) is 10.7. The number of nitrogens with one attached hydrogen (secondary N) is 2. The van der Waals surface area contributed by atoms with Crippen molar-refractivity contribution >= 4 is 0 Å². The van der Waals surface area contributed by atoms with Crippen LogP contribution in [0.15, 0.2) is 6.20 Å². The number of aromatic nitrogens is 2. The van der Waals surface area contributed by atoms with Crippen LogP contribution in [0.3, 0.4) is 0 Å². The molecule has 3 nitrogen and oxygen atoms in total. The zero-order chi connectivity index (χ0) is 10.7. The minimum absolute atomic E-state index is 0.893. The molecule has 1 heterocycles. The van der Waals surface area contributed by atoms with Crippen molar-refractivity contribution in [3.8, 4) is 0 Å². The van der Waals surface area contributed by atoms with Gasteiger partial charge in [0.15, 0.2) is 0 Å². The molecule has 0 radical (unpaired) electrons. The third kappa shape index (κ3) is 3.06. The first-order valence-electron chi connectivity index (χ1n) is 5.95. The highest BCUT2D eigenvalue weighted by molar-refractivity contribution is 4.99. The molecule has 1 aliphatic rings. The summed E-state index contributed by atoms with van der Waals surface area (Å²) in [7, 11) is 0. The smallest absolute Gasteiger partial charge is 0.103 e. The highest BCUT2D eigenvalue weighted by Crippen LogP contribution is 2.29. The summed E-state index contributed by atoms with van der Waals surface area (Å²) in [6, 6.07) is 0. The molecule has 3 heteroatoms. The summed E-state index contributed by atoms with van der Waals surface area (Å²) < 4.78 is 0. The van der Waals surface area contributed by atoms with Crippen molar-refractivity contribution in [2.45, 2.75) is 39.7 Å². The van der Waals surface area contributed by atoms with E-state index in [2.05, 4.69) is 22.2 Å². The van der Waals surface area contributed by atoms with E-state index in [0.29, 0.717) is 0 Å². The van der Waals surface area contributed by atoms with E-state index in [-0.39, 0.29) is 0 Å². The molecule has 2 rings (SSSR count). The summed E-state index contributed by atoms with van der Waals surface area (Å²) in [6.45, 7) is 6.43. The second kappa shape index (κ2) is 4.79. The quantitative estimate of drug-likeness (QED) is 0.795. The lowest BCUT2D eigenvalue weighted by Gasteiger charge is -2.09. The molecule has 1 aromatic rings. The molecule has 2 N–H and O–H groups in total. The number of imidazole rings is 1. The topological polar surface area (TPSA) is 40.7 Å². The normalized spacial score (nSPS) is 26.0. The van der Waals surface area contributed by atoms with Crippen molar-refractivity contribution in [1.29, 1.82) is 0 Å². The van der Waals surface area contributed by atoms with Gasteiger partial charge in [-0.1, -0.05) is 13.3 Å². The lowest BCUT2D eigenvalue weighted by molar-refractivity contribution is 0.469. The predicted molar refractivity (Wildman–Crippen MR) is 61.5 cm³/mol. The van der Waals surface area contributed by atoms with E-state index < -0.39 is 0 Å². The van der Waals surface area contributed by atoms with E-state index >= 15 is 0 Å². The van der Waals surface area contributed by atoms with Crippen LogP contribution in [0.4, 0.5) is 0 Å². The second-order valence-corrected chi connectivity index (χ2v) is 4.91. The molecular weight excluding hydrogens is 186 g/mol. The predicted octanol–water partition coefficient (Wildman–Crippen LogP) is 2.24.